The predicted octanol–water partition coefficient (Wildman–Crippen LogP) is 2.96. The van der Waals surface area contributed by atoms with Gasteiger partial charge in [0.1, 0.15) is 5.82 Å². The Morgan fingerprint density at radius 3 is 2.64 bits per heavy atom. The molecule has 4 N–H and O–H groups in total. The minimum absolute atomic E-state index is 0.0563. The number of anilines is 2. The van der Waals surface area contributed by atoms with Crippen LogP contribution in [0, 0.1) is 5.82 Å². The Balaban J connectivity index is 1.51. The van der Waals surface area contributed by atoms with Crippen molar-refractivity contribution in [3.63, 3.8) is 0 Å². The highest BCUT2D eigenvalue weighted by atomic mass is 35.5. The first-order chi connectivity index (χ1) is 13.5. The van der Waals surface area contributed by atoms with E-state index >= 15 is 0 Å². The molecule has 0 saturated carbocycles. The summed E-state index contributed by atoms with van der Waals surface area (Å²) in [6, 6.07) is 12.6. The van der Waals surface area contributed by atoms with Gasteiger partial charge in [0.15, 0.2) is 0 Å². The van der Waals surface area contributed by atoms with Gasteiger partial charge in [0.25, 0.3) is 5.95 Å². The van der Waals surface area contributed by atoms with Gasteiger partial charge >= 0.3 is 0 Å². The third-order valence-electron chi connectivity index (χ3n) is 3.37. The number of amides is 1. The predicted molar refractivity (Wildman–Crippen MR) is 109 cm³/mol. The maximum absolute atomic E-state index is 12.9. The molecule has 2 aromatic carbocycles. The Morgan fingerprint density at radius 1 is 1.21 bits per heavy atom. The summed E-state index contributed by atoms with van der Waals surface area (Å²) in [4.78, 5) is 12.0. The van der Waals surface area contributed by atoms with E-state index in [0.29, 0.717) is 15.9 Å². The van der Waals surface area contributed by atoms with Crippen molar-refractivity contribution in [2.24, 2.45) is 5.10 Å². The van der Waals surface area contributed by atoms with E-state index in [1.165, 1.54) is 28.9 Å². The van der Waals surface area contributed by atoms with Crippen LogP contribution < -0.4 is 16.6 Å². The minimum atomic E-state index is -0.373. The fraction of sp³-hybridized carbons (Fsp3) is 0.0588. The number of hydrazone groups is 1. The highest BCUT2D eigenvalue weighted by Crippen LogP contribution is 2.17. The molecule has 0 fully saturated rings. The summed E-state index contributed by atoms with van der Waals surface area (Å²) in [5.74, 6) is 5.52. The highest BCUT2D eigenvalue weighted by Gasteiger charge is 2.12. The first-order valence-corrected chi connectivity index (χ1v) is 9.31. The standard InChI is InChI=1S/C17H15ClFN7OS/c18-12-3-1-11(2-4-12)9-21-23-16-24-25-17(26(16)20)28-10-15(27)22-14-7-5-13(19)6-8-14/h1-9H,10,20H2,(H,22,27)(H,23,24)/b21-9+. The molecule has 3 rings (SSSR count). The highest BCUT2D eigenvalue weighted by molar-refractivity contribution is 7.99. The minimum Gasteiger partial charge on any atom is -0.334 e. The van der Waals surface area contributed by atoms with E-state index in [1.54, 1.807) is 18.3 Å². The van der Waals surface area contributed by atoms with Crippen molar-refractivity contribution in [1.29, 1.82) is 0 Å². The number of nitrogen functional groups attached to an aromatic ring is 1. The van der Waals surface area contributed by atoms with Crippen LogP contribution in [0.2, 0.25) is 5.02 Å². The van der Waals surface area contributed by atoms with Crippen molar-refractivity contribution in [2.75, 3.05) is 22.3 Å². The van der Waals surface area contributed by atoms with Crippen LogP contribution in [-0.2, 0) is 4.79 Å². The van der Waals surface area contributed by atoms with Gasteiger partial charge in [0, 0.05) is 10.7 Å². The summed E-state index contributed by atoms with van der Waals surface area (Å²) in [6.07, 6.45) is 1.58. The zero-order valence-corrected chi connectivity index (χ0v) is 15.9. The molecular formula is C17H15ClFN7OS. The Bertz CT molecular complexity index is 976. The maximum atomic E-state index is 12.9. The molecule has 11 heteroatoms. The van der Waals surface area contributed by atoms with Crippen molar-refractivity contribution in [2.45, 2.75) is 5.16 Å². The number of nitrogens with zero attached hydrogens (tertiary/aromatic N) is 4. The number of benzene rings is 2. The van der Waals surface area contributed by atoms with Gasteiger partial charge in [-0.3, -0.25) is 4.79 Å². The van der Waals surface area contributed by atoms with E-state index in [-0.39, 0.29) is 23.4 Å². The van der Waals surface area contributed by atoms with Crippen LogP contribution in [-0.4, -0.2) is 32.7 Å². The summed E-state index contributed by atoms with van der Waals surface area (Å²) < 4.78 is 14.1. The van der Waals surface area contributed by atoms with Gasteiger partial charge in [-0.2, -0.15) is 5.10 Å². The molecule has 28 heavy (non-hydrogen) atoms. The summed E-state index contributed by atoms with van der Waals surface area (Å²) in [5, 5.41) is 15.4. The summed E-state index contributed by atoms with van der Waals surface area (Å²) >= 11 is 6.93. The number of hydrogen-bond donors (Lipinski definition) is 3. The van der Waals surface area contributed by atoms with Crippen LogP contribution in [0.4, 0.5) is 16.0 Å². The average molecular weight is 420 g/mol. The second kappa shape index (κ2) is 9.20. The van der Waals surface area contributed by atoms with E-state index in [0.717, 1.165) is 17.3 Å². The SMILES string of the molecule is Nn1c(N/N=C/c2ccc(Cl)cc2)nnc1SCC(=O)Nc1ccc(F)cc1. The van der Waals surface area contributed by atoms with E-state index in [2.05, 4.69) is 26.0 Å². The molecule has 0 radical (unpaired) electrons. The molecule has 0 spiro atoms. The summed E-state index contributed by atoms with van der Waals surface area (Å²) in [7, 11) is 0. The van der Waals surface area contributed by atoms with Crippen LogP contribution >= 0.6 is 23.4 Å². The quantitative estimate of drug-likeness (QED) is 0.235. The average Bonchev–Trinajstić information content (AvgIpc) is 3.03. The lowest BCUT2D eigenvalue weighted by molar-refractivity contribution is -0.113. The number of hydrogen-bond acceptors (Lipinski definition) is 7. The molecule has 0 saturated heterocycles. The molecule has 1 heterocycles. The van der Waals surface area contributed by atoms with Crippen LogP contribution in [0.25, 0.3) is 0 Å². The van der Waals surface area contributed by atoms with Crippen LogP contribution in [0.15, 0.2) is 58.8 Å². The van der Waals surface area contributed by atoms with Crippen molar-refractivity contribution >= 4 is 47.1 Å². The third-order valence-corrected chi connectivity index (χ3v) is 4.57. The number of aromatic nitrogens is 3. The summed E-state index contributed by atoms with van der Waals surface area (Å²) in [6.45, 7) is 0. The molecule has 3 aromatic rings. The molecule has 0 aliphatic rings. The number of carbonyl (C=O) groups excluding carboxylic acids is 1. The molecule has 1 aromatic heterocycles. The second-order valence-electron chi connectivity index (χ2n) is 5.44. The monoisotopic (exact) mass is 419 g/mol. The van der Waals surface area contributed by atoms with Gasteiger partial charge < -0.3 is 11.2 Å². The number of rotatable bonds is 7. The van der Waals surface area contributed by atoms with Gasteiger partial charge in [-0.15, -0.1) is 10.2 Å². The first-order valence-electron chi connectivity index (χ1n) is 7.94. The van der Waals surface area contributed by atoms with Gasteiger partial charge in [0.2, 0.25) is 11.1 Å². The Hall–Kier alpha value is -3.11. The van der Waals surface area contributed by atoms with Gasteiger partial charge in [-0.1, -0.05) is 35.5 Å². The molecular weight excluding hydrogens is 405 g/mol. The van der Waals surface area contributed by atoms with Crippen LogP contribution in [0.1, 0.15) is 5.56 Å². The molecule has 0 bridgehead atoms. The fourth-order valence-corrected chi connectivity index (χ4v) is 2.81. The number of carbonyl (C=O) groups is 1. The molecule has 0 aliphatic heterocycles. The lowest BCUT2D eigenvalue weighted by Crippen LogP contribution is -2.16. The molecule has 1 amide bonds. The van der Waals surface area contributed by atoms with Gasteiger partial charge in [-0.25, -0.2) is 14.5 Å². The number of halogens is 2. The first kappa shape index (κ1) is 19.6. The van der Waals surface area contributed by atoms with Gasteiger partial charge in [-0.05, 0) is 42.0 Å². The summed E-state index contributed by atoms with van der Waals surface area (Å²) in [5.41, 5.74) is 4.02. The second-order valence-corrected chi connectivity index (χ2v) is 6.82. The molecule has 144 valence electrons. The van der Waals surface area contributed by atoms with E-state index in [4.69, 9.17) is 17.4 Å². The Kier molecular flexibility index (Phi) is 6.45. The van der Waals surface area contributed by atoms with Crippen molar-refractivity contribution in [1.82, 2.24) is 14.9 Å². The zero-order chi connectivity index (χ0) is 19.9. The lowest BCUT2D eigenvalue weighted by atomic mass is 10.2. The van der Waals surface area contributed by atoms with E-state index < -0.39 is 0 Å². The topological polar surface area (TPSA) is 110 Å². The van der Waals surface area contributed by atoms with Gasteiger partial charge in [0.05, 0.1) is 12.0 Å². The van der Waals surface area contributed by atoms with Crippen LogP contribution in [0.5, 0.6) is 0 Å². The zero-order valence-electron chi connectivity index (χ0n) is 14.3. The Labute approximate surface area is 168 Å². The fourth-order valence-electron chi connectivity index (χ4n) is 2.03. The maximum Gasteiger partial charge on any atom is 0.264 e. The smallest absolute Gasteiger partial charge is 0.264 e. The largest absolute Gasteiger partial charge is 0.334 e. The van der Waals surface area contributed by atoms with E-state index in [1.807, 2.05) is 12.1 Å². The Morgan fingerprint density at radius 2 is 1.93 bits per heavy atom. The molecule has 0 atom stereocenters. The lowest BCUT2D eigenvalue weighted by Gasteiger charge is -2.05. The number of thioether (sulfide) groups is 1. The molecule has 8 nitrogen and oxygen atoms in total. The number of nitrogens with one attached hydrogen (secondary N) is 2. The van der Waals surface area contributed by atoms with E-state index in [9.17, 15) is 9.18 Å². The van der Waals surface area contributed by atoms with Crippen molar-refractivity contribution in [3.05, 3.63) is 64.9 Å². The van der Waals surface area contributed by atoms with Crippen molar-refractivity contribution in [3.8, 4) is 0 Å². The van der Waals surface area contributed by atoms with Crippen LogP contribution in [0.3, 0.4) is 0 Å². The third kappa shape index (κ3) is 5.44. The molecule has 0 unspecified atom stereocenters. The van der Waals surface area contributed by atoms with Crippen molar-refractivity contribution < 1.29 is 9.18 Å². The molecule has 0 aliphatic carbocycles. The number of nitrogens with two attached hydrogens (primary N) is 1. The normalized spacial score (nSPS) is 10.9.